The van der Waals surface area contributed by atoms with Gasteiger partial charge in [0.1, 0.15) is 0 Å². The van der Waals surface area contributed by atoms with Gasteiger partial charge >= 0.3 is 6.18 Å². The van der Waals surface area contributed by atoms with Crippen LogP contribution in [0.5, 0.6) is 0 Å². The molecule has 4 nitrogen and oxygen atoms in total. The Morgan fingerprint density at radius 1 is 1.12 bits per heavy atom. The van der Waals surface area contributed by atoms with Crippen LogP contribution in [0, 0.1) is 0 Å². The lowest BCUT2D eigenvalue weighted by molar-refractivity contribution is -0.106. The summed E-state index contributed by atoms with van der Waals surface area (Å²) in [7, 11) is -4.49. The summed E-state index contributed by atoms with van der Waals surface area (Å²) >= 11 is 1.51. The zero-order valence-corrected chi connectivity index (χ0v) is 14.6. The van der Waals surface area contributed by atoms with Crippen molar-refractivity contribution in [3.05, 3.63) is 54.1 Å². The molecule has 0 saturated carbocycles. The molecule has 0 unspecified atom stereocenters. The van der Waals surface area contributed by atoms with Gasteiger partial charge in [0, 0.05) is 16.1 Å². The molecule has 0 aliphatic carbocycles. The van der Waals surface area contributed by atoms with Crippen molar-refractivity contribution in [2.45, 2.75) is 16.0 Å². The Labute approximate surface area is 147 Å². The Hall–Kier alpha value is -2.00. The molecule has 2 rings (SSSR count). The monoisotopic (exact) mass is 389 g/mol. The average Bonchev–Trinajstić information content (AvgIpc) is 2.53. The van der Waals surface area contributed by atoms with Crippen LogP contribution < -0.4 is 5.32 Å². The number of amides is 1. The average molecular weight is 389 g/mol. The van der Waals surface area contributed by atoms with Gasteiger partial charge in [-0.1, -0.05) is 6.07 Å². The van der Waals surface area contributed by atoms with E-state index in [4.69, 9.17) is 0 Å². The normalized spacial score (nSPS) is 12.0. The Kier molecular flexibility index (Phi) is 5.79. The Bertz CT molecular complexity index is 863. The van der Waals surface area contributed by atoms with Crippen molar-refractivity contribution in [1.29, 1.82) is 0 Å². The van der Waals surface area contributed by atoms with Crippen molar-refractivity contribution in [3.8, 4) is 0 Å². The minimum absolute atomic E-state index is 0.139. The van der Waals surface area contributed by atoms with E-state index in [1.54, 1.807) is 18.2 Å². The van der Waals surface area contributed by atoms with Crippen LogP contribution in [0.25, 0.3) is 0 Å². The summed E-state index contributed by atoms with van der Waals surface area (Å²) in [6, 6.07) is 11.5. The van der Waals surface area contributed by atoms with Crippen LogP contribution in [0.2, 0.25) is 0 Å². The first kappa shape index (κ1) is 19.3. The lowest BCUT2D eigenvalue weighted by atomic mass is 10.2. The van der Waals surface area contributed by atoms with E-state index in [0.717, 1.165) is 17.0 Å². The highest BCUT2D eigenvalue weighted by Crippen LogP contribution is 2.23. The second-order valence-electron chi connectivity index (χ2n) is 5.08. The van der Waals surface area contributed by atoms with E-state index >= 15 is 0 Å². The molecule has 25 heavy (non-hydrogen) atoms. The fourth-order valence-electron chi connectivity index (χ4n) is 2.02. The number of nitrogens with one attached hydrogen (secondary N) is 1. The van der Waals surface area contributed by atoms with Gasteiger partial charge in [0.15, 0.2) is 15.6 Å². The molecule has 0 saturated heterocycles. The Balaban J connectivity index is 2.15. The largest absolute Gasteiger partial charge is 0.403 e. The third-order valence-electron chi connectivity index (χ3n) is 3.16. The van der Waals surface area contributed by atoms with E-state index in [0.29, 0.717) is 5.69 Å². The Morgan fingerprint density at radius 3 is 2.32 bits per heavy atom. The minimum Gasteiger partial charge on any atom is -0.322 e. The van der Waals surface area contributed by atoms with Crippen LogP contribution in [-0.4, -0.2) is 32.5 Å². The maximum Gasteiger partial charge on any atom is 0.403 e. The molecule has 0 aliphatic rings. The van der Waals surface area contributed by atoms with Gasteiger partial charge in [-0.25, -0.2) is 8.42 Å². The lowest BCUT2D eigenvalue weighted by Crippen LogP contribution is -2.23. The molecule has 0 aromatic heterocycles. The zero-order chi connectivity index (χ0) is 18.7. The van der Waals surface area contributed by atoms with Crippen molar-refractivity contribution in [2.24, 2.45) is 0 Å². The van der Waals surface area contributed by atoms with E-state index in [1.165, 1.54) is 23.9 Å². The highest BCUT2D eigenvalue weighted by atomic mass is 32.2. The fourth-order valence-corrected chi connectivity index (χ4v) is 3.62. The van der Waals surface area contributed by atoms with Gasteiger partial charge in [-0.05, 0) is 48.7 Å². The highest BCUT2D eigenvalue weighted by molar-refractivity contribution is 7.98. The molecule has 1 amide bonds. The summed E-state index contributed by atoms with van der Waals surface area (Å²) in [6.07, 6.45) is -2.93. The summed E-state index contributed by atoms with van der Waals surface area (Å²) in [6.45, 7) is 0. The molecule has 2 aromatic rings. The highest BCUT2D eigenvalue weighted by Gasteiger charge is 2.35. The maximum absolute atomic E-state index is 12.3. The quantitative estimate of drug-likeness (QED) is 0.786. The number of carbonyl (C=O) groups is 1. The maximum atomic E-state index is 12.3. The van der Waals surface area contributed by atoms with Crippen LogP contribution in [-0.2, 0) is 9.84 Å². The molecule has 0 bridgehead atoms. The van der Waals surface area contributed by atoms with E-state index in [9.17, 15) is 26.4 Å². The summed E-state index contributed by atoms with van der Waals surface area (Å²) < 4.78 is 60.2. The molecule has 0 fully saturated rings. The number of carbonyl (C=O) groups excluding carboxylic acids is 1. The van der Waals surface area contributed by atoms with Gasteiger partial charge in [0.05, 0.1) is 4.90 Å². The molecule has 0 aliphatic heterocycles. The molecule has 0 atom stereocenters. The topological polar surface area (TPSA) is 63.2 Å². The van der Waals surface area contributed by atoms with Crippen LogP contribution in [0.15, 0.2) is 58.3 Å². The minimum atomic E-state index is -4.82. The van der Waals surface area contributed by atoms with Crippen molar-refractivity contribution < 1.29 is 26.4 Å². The summed E-state index contributed by atoms with van der Waals surface area (Å²) in [5.74, 6) is -2.43. The van der Waals surface area contributed by atoms with Crippen molar-refractivity contribution in [1.82, 2.24) is 0 Å². The van der Waals surface area contributed by atoms with Crippen LogP contribution in [0.1, 0.15) is 10.4 Å². The van der Waals surface area contributed by atoms with Gasteiger partial charge in [0.2, 0.25) is 0 Å². The fraction of sp³-hybridized carbons (Fsp3) is 0.188. The second-order valence-corrected chi connectivity index (χ2v) is 7.95. The third kappa shape index (κ3) is 5.50. The molecule has 134 valence electrons. The molecule has 0 heterocycles. The number of hydrogen-bond donors (Lipinski definition) is 1. The van der Waals surface area contributed by atoms with Gasteiger partial charge in [-0.2, -0.15) is 13.2 Å². The number of sulfone groups is 1. The predicted molar refractivity (Wildman–Crippen MR) is 90.7 cm³/mol. The van der Waals surface area contributed by atoms with E-state index < -0.39 is 32.6 Å². The number of anilines is 1. The van der Waals surface area contributed by atoms with Gasteiger partial charge < -0.3 is 5.32 Å². The third-order valence-corrected chi connectivity index (χ3v) is 5.58. The SMILES string of the molecule is CSc1cccc(NC(=O)c2ccc(S(=O)(=O)CC(F)(F)F)cc2)c1. The number of benzene rings is 2. The van der Waals surface area contributed by atoms with E-state index in [2.05, 4.69) is 5.32 Å². The predicted octanol–water partition coefficient (Wildman–Crippen LogP) is 4.00. The van der Waals surface area contributed by atoms with E-state index in [1.807, 2.05) is 12.3 Å². The van der Waals surface area contributed by atoms with Gasteiger partial charge in [-0.15, -0.1) is 11.8 Å². The molecule has 1 N–H and O–H groups in total. The number of rotatable bonds is 5. The standard InChI is InChI=1S/C16H14F3NO3S2/c1-24-13-4-2-3-12(9-13)20-15(21)11-5-7-14(8-6-11)25(22,23)10-16(17,18)19/h2-9H,10H2,1H3,(H,20,21). The van der Waals surface area contributed by atoms with Crippen LogP contribution in [0.4, 0.5) is 18.9 Å². The first-order valence-electron chi connectivity index (χ1n) is 6.96. The number of hydrogen-bond acceptors (Lipinski definition) is 4. The van der Waals surface area contributed by atoms with Gasteiger partial charge in [-0.3, -0.25) is 4.79 Å². The first-order valence-corrected chi connectivity index (χ1v) is 9.83. The Morgan fingerprint density at radius 2 is 1.76 bits per heavy atom. The molecule has 9 heteroatoms. The number of thioether (sulfide) groups is 1. The summed E-state index contributed by atoms with van der Waals surface area (Å²) in [4.78, 5) is 12.6. The summed E-state index contributed by atoms with van der Waals surface area (Å²) in [5, 5.41) is 2.65. The van der Waals surface area contributed by atoms with Crippen LogP contribution >= 0.6 is 11.8 Å². The summed E-state index contributed by atoms with van der Waals surface area (Å²) in [5.41, 5.74) is 0.700. The molecular formula is C16H14F3NO3S2. The smallest absolute Gasteiger partial charge is 0.322 e. The molecule has 0 spiro atoms. The molecular weight excluding hydrogens is 375 g/mol. The second kappa shape index (κ2) is 7.49. The lowest BCUT2D eigenvalue weighted by Gasteiger charge is -2.09. The first-order chi connectivity index (χ1) is 11.6. The van der Waals surface area contributed by atoms with Crippen LogP contribution in [0.3, 0.4) is 0 Å². The van der Waals surface area contributed by atoms with Crippen molar-refractivity contribution in [2.75, 3.05) is 17.3 Å². The zero-order valence-electron chi connectivity index (χ0n) is 13.0. The van der Waals surface area contributed by atoms with E-state index in [-0.39, 0.29) is 5.56 Å². The molecule has 0 radical (unpaired) electrons. The number of alkyl halides is 3. The molecule has 2 aromatic carbocycles. The van der Waals surface area contributed by atoms with Crippen molar-refractivity contribution in [3.63, 3.8) is 0 Å². The van der Waals surface area contributed by atoms with Crippen molar-refractivity contribution >= 4 is 33.2 Å². The van der Waals surface area contributed by atoms with Gasteiger partial charge in [0.25, 0.3) is 5.91 Å². The number of halogens is 3.